The number of nitrogens with zero attached hydrogens (tertiary/aromatic N) is 3. The fourth-order valence-electron chi connectivity index (χ4n) is 2.64. The molecule has 5 nitrogen and oxygen atoms in total. The van der Waals surface area contributed by atoms with E-state index in [0.717, 1.165) is 16.6 Å². The maximum atomic E-state index is 9.60. The van der Waals surface area contributed by atoms with Gasteiger partial charge < -0.3 is 14.0 Å². The Morgan fingerprint density at radius 3 is 2.92 bits per heavy atom. The number of terminal acetylenes is 1. The van der Waals surface area contributed by atoms with Gasteiger partial charge in [0, 0.05) is 5.56 Å². The molecule has 0 amide bonds. The number of ether oxygens (including phenoxy) is 2. The Bertz CT molecular complexity index is 1040. The molecule has 0 spiro atoms. The van der Waals surface area contributed by atoms with E-state index >= 15 is 0 Å². The van der Waals surface area contributed by atoms with Gasteiger partial charge in [-0.25, -0.2) is 4.98 Å². The lowest BCUT2D eigenvalue weighted by molar-refractivity contribution is 0.367. The summed E-state index contributed by atoms with van der Waals surface area (Å²) in [5.74, 6) is 3.72. The summed E-state index contributed by atoms with van der Waals surface area (Å²) in [6.45, 7) is 0.560. The van der Waals surface area contributed by atoms with E-state index in [1.165, 1.54) is 0 Å². The van der Waals surface area contributed by atoms with Crippen LogP contribution in [0.4, 0.5) is 0 Å². The van der Waals surface area contributed by atoms with E-state index in [-0.39, 0.29) is 6.61 Å². The number of fused-ring (bicyclic) bond motifs is 1. The molecule has 0 N–H and O–H groups in total. The van der Waals surface area contributed by atoms with E-state index in [1.54, 1.807) is 31.6 Å². The molecule has 3 aromatic rings. The summed E-state index contributed by atoms with van der Waals surface area (Å²) < 4.78 is 12.8. The second-order valence-corrected chi connectivity index (χ2v) is 5.54. The van der Waals surface area contributed by atoms with Crippen molar-refractivity contribution in [3.05, 3.63) is 59.9 Å². The maximum Gasteiger partial charge on any atom is 0.148 e. The smallest absolute Gasteiger partial charge is 0.148 e. The van der Waals surface area contributed by atoms with Crippen LogP contribution in [0, 0.1) is 23.7 Å². The number of rotatable bonds is 6. The first-order chi connectivity index (χ1) is 12.7. The summed E-state index contributed by atoms with van der Waals surface area (Å²) in [4.78, 5) is 4.36. The van der Waals surface area contributed by atoms with Gasteiger partial charge in [-0.1, -0.05) is 18.1 Å². The number of allylic oxidation sites excluding steroid dienone is 1. The Morgan fingerprint density at radius 1 is 1.31 bits per heavy atom. The largest absolute Gasteiger partial charge is 0.497 e. The fourth-order valence-corrected chi connectivity index (χ4v) is 2.64. The number of para-hydroxylation sites is 2. The second kappa shape index (κ2) is 7.92. The third-order valence-corrected chi connectivity index (χ3v) is 3.87. The van der Waals surface area contributed by atoms with Crippen molar-refractivity contribution in [3.8, 4) is 29.9 Å². The summed E-state index contributed by atoms with van der Waals surface area (Å²) >= 11 is 0. The molecule has 0 unspecified atom stereocenters. The fraction of sp³-hybridized carbons (Fsp3) is 0.143. The van der Waals surface area contributed by atoms with Crippen molar-refractivity contribution in [2.45, 2.75) is 6.54 Å². The normalized spacial score (nSPS) is 11.0. The van der Waals surface area contributed by atoms with E-state index < -0.39 is 0 Å². The molecule has 1 heterocycles. The van der Waals surface area contributed by atoms with Gasteiger partial charge in [0.25, 0.3) is 0 Å². The minimum Gasteiger partial charge on any atom is -0.497 e. The summed E-state index contributed by atoms with van der Waals surface area (Å²) in [7, 11) is 1.59. The molecule has 26 heavy (non-hydrogen) atoms. The molecule has 0 aliphatic heterocycles. The van der Waals surface area contributed by atoms with Crippen LogP contribution in [0.2, 0.25) is 0 Å². The zero-order valence-corrected chi connectivity index (χ0v) is 14.3. The highest BCUT2D eigenvalue weighted by Gasteiger charge is 2.08. The lowest BCUT2D eigenvalue weighted by Crippen LogP contribution is -2.00. The van der Waals surface area contributed by atoms with Crippen LogP contribution in [0.15, 0.2) is 54.4 Å². The van der Waals surface area contributed by atoms with Gasteiger partial charge in [0.2, 0.25) is 0 Å². The predicted octanol–water partition coefficient (Wildman–Crippen LogP) is 3.66. The average molecular weight is 343 g/mol. The van der Waals surface area contributed by atoms with Crippen molar-refractivity contribution >= 4 is 17.1 Å². The monoisotopic (exact) mass is 343 g/mol. The number of nitriles is 1. The van der Waals surface area contributed by atoms with Crippen LogP contribution in [0.1, 0.15) is 5.56 Å². The Kier molecular flexibility index (Phi) is 5.22. The van der Waals surface area contributed by atoms with Crippen LogP contribution in [-0.4, -0.2) is 23.3 Å². The SMILES string of the molecule is C#CCOc1ccc(OC)cc1/C=C(/C#N)Cn1cnc2ccccc21. The van der Waals surface area contributed by atoms with Crippen LogP contribution in [0.3, 0.4) is 0 Å². The van der Waals surface area contributed by atoms with Gasteiger partial charge in [-0.15, -0.1) is 6.42 Å². The standard InChI is InChI=1S/C21H17N3O2/c1-3-10-26-21-9-8-18(25-2)12-17(21)11-16(13-22)14-24-15-23-19-6-4-5-7-20(19)24/h1,4-9,11-12,15H,10,14H2,2H3/b16-11-. The Morgan fingerprint density at radius 2 is 2.15 bits per heavy atom. The van der Waals surface area contributed by atoms with Gasteiger partial charge in [0.05, 0.1) is 42.7 Å². The average Bonchev–Trinajstić information content (AvgIpc) is 3.09. The minimum atomic E-state index is 0.154. The quantitative estimate of drug-likeness (QED) is 0.506. The van der Waals surface area contributed by atoms with Gasteiger partial charge in [-0.2, -0.15) is 5.26 Å². The van der Waals surface area contributed by atoms with E-state index in [1.807, 2.05) is 34.9 Å². The highest BCUT2D eigenvalue weighted by atomic mass is 16.5. The lowest BCUT2D eigenvalue weighted by atomic mass is 10.1. The number of hydrogen-bond acceptors (Lipinski definition) is 4. The Balaban J connectivity index is 1.96. The van der Waals surface area contributed by atoms with Crippen LogP contribution in [-0.2, 0) is 6.54 Å². The number of aromatic nitrogens is 2. The van der Waals surface area contributed by atoms with Crippen LogP contribution in [0.5, 0.6) is 11.5 Å². The van der Waals surface area contributed by atoms with Crippen LogP contribution in [0.25, 0.3) is 17.1 Å². The molecule has 128 valence electrons. The van der Waals surface area contributed by atoms with E-state index in [2.05, 4.69) is 17.0 Å². The molecule has 0 atom stereocenters. The Labute approximate surface area is 152 Å². The van der Waals surface area contributed by atoms with Gasteiger partial charge in [-0.3, -0.25) is 0 Å². The molecule has 3 rings (SSSR count). The molecule has 0 fully saturated rings. The van der Waals surface area contributed by atoms with Crippen molar-refractivity contribution < 1.29 is 9.47 Å². The predicted molar refractivity (Wildman–Crippen MR) is 101 cm³/mol. The molecule has 0 saturated heterocycles. The first-order valence-corrected chi connectivity index (χ1v) is 8.00. The zero-order chi connectivity index (χ0) is 18.4. The number of hydrogen-bond donors (Lipinski definition) is 0. The van der Waals surface area contributed by atoms with Gasteiger partial charge in [-0.05, 0) is 36.4 Å². The van der Waals surface area contributed by atoms with Crippen molar-refractivity contribution in [1.29, 1.82) is 5.26 Å². The third kappa shape index (κ3) is 3.68. The molecular weight excluding hydrogens is 326 g/mol. The maximum absolute atomic E-state index is 9.60. The molecule has 0 aliphatic carbocycles. The molecule has 5 heteroatoms. The van der Waals surface area contributed by atoms with Gasteiger partial charge in [0.1, 0.15) is 18.1 Å². The molecule has 1 aromatic heterocycles. The highest BCUT2D eigenvalue weighted by Crippen LogP contribution is 2.27. The first-order valence-electron chi connectivity index (χ1n) is 8.00. The molecular formula is C21H17N3O2. The third-order valence-electron chi connectivity index (χ3n) is 3.87. The zero-order valence-electron chi connectivity index (χ0n) is 14.3. The first kappa shape index (κ1) is 17.1. The van der Waals surface area contributed by atoms with Crippen molar-refractivity contribution in [2.24, 2.45) is 0 Å². The summed E-state index contributed by atoms with van der Waals surface area (Å²) in [5, 5.41) is 9.60. The summed E-state index contributed by atoms with van der Waals surface area (Å²) in [6.07, 6.45) is 8.79. The van der Waals surface area contributed by atoms with Gasteiger partial charge >= 0.3 is 0 Å². The minimum absolute atomic E-state index is 0.154. The summed E-state index contributed by atoms with van der Waals surface area (Å²) in [5.41, 5.74) is 3.17. The molecule has 0 saturated carbocycles. The lowest BCUT2D eigenvalue weighted by Gasteiger charge is -2.10. The van der Waals surface area contributed by atoms with Crippen molar-refractivity contribution in [1.82, 2.24) is 9.55 Å². The number of imidazole rings is 1. The molecule has 0 radical (unpaired) electrons. The number of methoxy groups -OCH3 is 1. The number of benzene rings is 2. The van der Waals surface area contributed by atoms with Crippen LogP contribution >= 0.6 is 0 Å². The van der Waals surface area contributed by atoms with Crippen molar-refractivity contribution in [2.75, 3.05) is 13.7 Å². The summed E-state index contributed by atoms with van der Waals surface area (Å²) in [6, 6.07) is 15.4. The topological polar surface area (TPSA) is 60.1 Å². The van der Waals surface area contributed by atoms with E-state index in [4.69, 9.17) is 15.9 Å². The van der Waals surface area contributed by atoms with E-state index in [9.17, 15) is 5.26 Å². The molecule has 2 aromatic carbocycles. The van der Waals surface area contributed by atoms with Gasteiger partial charge in [0.15, 0.2) is 0 Å². The Hall–Kier alpha value is -3.70. The molecule has 0 bridgehead atoms. The van der Waals surface area contributed by atoms with Crippen LogP contribution < -0.4 is 9.47 Å². The van der Waals surface area contributed by atoms with Crippen molar-refractivity contribution in [3.63, 3.8) is 0 Å². The second-order valence-electron chi connectivity index (χ2n) is 5.54. The molecule has 0 aliphatic rings. The highest BCUT2D eigenvalue weighted by molar-refractivity contribution is 5.75. The van der Waals surface area contributed by atoms with E-state index in [0.29, 0.717) is 23.6 Å².